The van der Waals surface area contributed by atoms with Crippen molar-refractivity contribution in [1.82, 2.24) is 0 Å². The van der Waals surface area contributed by atoms with Gasteiger partial charge in [-0.05, 0) is 54.3 Å². The van der Waals surface area contributed by atoms with Crippen molar-refractivity contribution in [3.05, 3.63) is 11.6 Å². The van der Waals surface area contributed by atoms with Gasteiger partial charge in [0.15, 0.2) is 0 Å². The van der Waals surface area contributed by atoms with Crippen molar-refractivity contribution in [2.75, 3.05) is 0 Å². The molecule has 4 unspecified atom stereocenters. The van der Waals surface area contributed by atoms with Crippen molar-refractivity contribution >= 4 is 0 Å². The van der Waals surface area contributed by atoms with Gasteiger partial charge in [0.1, 0.15) is 0 Å². The Morgan fingerprint density at radius 1 is 0.941 bits per heavy atom. The lowest BCUT2D eigenvalue weighted by atomic mass is 9.58. The Morgan fingerprint density at radius 3 is 1.88 bits per heavy atom. The standard InChI is InChI=1S/C17H30/c1-8-11-9-12-10-13(11)15(17(5,6)7)14(12)16(2,3)4/h8,12-15H,9-10H2,1-7H3/b11-8-. The van der Waals surface area contributed by atoms with Gasteiger partial charge in [-0.15, -0.1) is 0 Å². The van der Waals surface area contributed by atoms with Crippen LogP contribution in [0.4, 0.5) is 0 Å². The van der Waals surface area contributed by atoms with E-state index in [0.717, 1.165) is 23.7 Å². The first-order valence-electron chi connectivity index (χ1n) is 7.31. The van der Waals surface area contributed by atoms with E-state index in [-0.39, 0.29) is 0 Å². The van der Waals surface area contributed by atoms with Gasteiger partial charge >= 0.3 is 0 Å². The minimum Gasteiger partial charge on any atom is -0.0882 e. The predicted molar refractivity (Wildman–Crippen MR) is 75.9 cm³/mol. The smallest absolute Gasteiger partial charge is 0.0164 e. The summed E-state index contributed by atoms with van der Waals surface area (Å²) in [7, 11) is 0. The molecule has 0 heterocycles. The van der Waals surface area contributed by atoms with Gasteiger partial charge in [-0.3, -0.25) is 0 Å². The third kappa shape index (κ3) is 2.09. The molecule has 0 amide bonds. The summed E-state index contributed by atoms with van der Waals surface area (Å²) in [5.74, 6) is 3.63. The monoisotopic (exact) mass is 234 g/mol. The van der Waals surface area contributed by atoms with Crippen molar-refractivity contribution in [2.24, 2.45) is 34.5 Å². The van der Waals surface area contributed by atoms with Crippen LogP contribution in [0.1, 0.15) is 61.3 Å². The Bertz CT molecular complexity index is 321. The van der Waals surface area contributed by atoms with Gasteiger partial charge in [-0.25, -0.2) is 0 Å². The lowest BCUT2D eigenvalue weighted by Crippen LogP contribution is -2.40. The van der Waals surface area contributed by atoms with E-state index in [4.69, 9.17) is 0 Å². The van der Waals surface area contributed by atoms with E-state index in [1.54, 1.807) is 5.57 Å². The molecule has 2 rings (SSSR count). The first-order chi connectivity index (χ1) is 7.66. The van der Waals surface area contributed by atoms with E-state index in [2.05, 4.69) is 54.5 Å². The van der Waals surface area contributed by atoms with Crippen LogP contribution in [0.3, 0.4) is 0 Å². The number of hydrogen-bond donors (Lipinski definition) is 0. The normalized spacial score (nSPS) is 40.3. The molecule has 2 aliphatic carbocycles. The molecular formula is C17H30. The summed E-state index contributed by atoms with van der Waals surface area (Å²) >= 11 is 0. The summed E-state index contributed by atoms with van der Waals surface area (Å²) in [4.78, 5) is 0. The molecule has 0 N–H and O–H groups in total. The number of allylic oxidation sites excluding steroid dienone is 2. The summed E-state index contributed by atoms with van der Waals surface area (Å²) in [6, 6.07) is 0. The zero-order valence-electron chi connectivity index (χ0n) is 12.8. The van der Waals surface area contributed by atoms with E-state index < -0.39 is 0 Å². The minimum atomic E-state index is 0.450. The largest absolute Gasteiger partial charge is 0.0882 e. The average Bonchev–Trinajstić information content (AvgIpc) is 2.70. The fourth-order valence-corrected chi connectivity index (χ4v) is 4.93. The average molecular weight is 234 g/mol. The SMILES string of the molecule is C/C=C1/CC2CC1C(C(C)(C)C)C2C(C)(C)C. The lowest BCUT2D eigenvalue weighted by Gasteiger charge is -2.47. The Kier molecular flexibility index (Phi) is 3.00. The maximum Gasteiger partial charge on any atom is -0.0164 e. The molecule has 0 nitrogen and oxygen atoms in total. The first kappa shape index (κ1) is 13.2. The van der Waals surface area contributed by atoms with E-state index in [1.165, 1.54) is 12.8 Å². The molecule has 2 bridgehead atoms. The van der Waals surface area contributed by atoms with Crippen LogP contribution in [0.5, 0.6) is 0 Å². The van der Waals surface area contributed by atoms with Gasteiger partial charge in [0, 0.05) is 0 Å². The van der Waals surface area contributed by atoms with Gasteiger partial charge < -0.3 is 0 Å². The summed E-state index contributed by atoms with van der Waals surface area (Å²) in [5, 5.41) is 0. The molecular weight excluding hydrogens is 204 g/mol. The van der Waals surface area contributed by atoms with Gasteiger partial charge in [0.25, 0.3) is 0 Å². The van der Waals surface area contributed by atoms with Crippen LogP contribution in [0.15, 0.2) is 11.6 Å². The van der Waals surface area contributed by atoms with Crippen LogP contribution in [0.2, 0.25) is 0 Å². The highest BCUT2D eigenvalue weighted by Gasteiger charge is 2.56. The predicted octanol–water partition coefficient (Wildman–Crippen LogP) is 5.30. The molecule has 2 aliphatic rings. The molecule has 98 valence electrons. The lowest BCUT2D eigenvalue weighted by molar-refractivity contribution is 0.0415. The van der Waals surface area contributed by atoms with Gasteiger partial charge in [-0.2, -0.15) is 0 Å². The van der Waals surface area contributed by atoms with Crippen molar-refractivity contribution in [3.8, 4) is 0 Å². The summed E-state index contributed by atoms with van der Waals surface area (Å²) in [6.07, 6.45) is 5.25. The van der Waals surface area contributed by atoms with Gasteiger partial charge in [0.2, 0.25) is 0 Å². The van der Waals surface area contributed by atoms with Gasteiger partial charge in [0.05, 0.1) is 0 Å². The number of rotatable bonds is 0. The number of fused-ring (bicyclic) bond motifs is 2. The zero-order valence-corrected chi connectivity index (χ0v) is 12.8. The van der Waals surface area contributed by atoms with E-state index in [0.29, 0.717) is 10.8 Å². The molecule has 2 fully saturated rings. The molecule has 2 saturated carbocycles. The van der Waals surface area contributed by atoms with Crippen LogP contribution in [0.25, 0.3) is 0 Å². The molecule has 0 spiro atoms. The Labute approximate surface area is 108 Å². The molecule has 0 aromatic carbocycles. The summed E-state index contributed by atoms with van der Waals surface area (Å²) < 4.78 is 0. The van der Waals surface area contributed by atoms with E-state index in [1.807, 2.05) is 0 Å². The molecule has 0 aliphatic heterocycles. The highest BCUT2D eigenvalue weighted by Crippen LogP contribution is 2.64. The fraction of sp³-hybridized carbons (Fsp3) is 0.882. The third-order valence-corrected chi connectivity index (χ3v) is 5.23. The maximum absolute atomic E-state index is 2.45. The van der Waals surface area contributed by atoms with Crippen LogP contribution in [-0.2, 0) is 0 Å². The minimum absolute atomic E-state index is 0.450. The molecule has 0 heteroatoms. The zero-order chi connectivity index (χ0) is 13.0. The van der Waals surface area contributed by atoms with Crippen LogP contribution < -0.4 is 0 Å². The quantitative estimate of drug-likeness (QED) is 0.499. The highest BCUT2D eigenvalue weighted by atomic mass is 14.6. The second-order valence-corrected chi connectivity index (χ2v) is 8.45. The molecule has 0 radical (unpaired) electrons. The molecule has 0 aromatic heterocycles. The molecule has 4 atom stereocenters. The second-order valence-electron chi connectivity index (χ2n) is 8.45. The van der Waals surface area contributed by atoms with E-state index >= 15 is 0 Å². The summed E-state index contributed by atoms with van der Waals surface area (Å²) in [5.41, 5.74) is 2.68. The van der Waals surface area contributed by atoms with Crippen molar-refractivity contribution < 1.29 is 0 Å². The van der Waals surface area contributed by atoms with Crippen molar-refractivity contribution in [1.29, 1.82) is 0 Å². The fourth-order valence-electron chi connectivity index (χ4n) is 4.93. The van der Waals surface area contributed by atoms with E-state index in [9.17, 15) is 0 Å². The van der Waals surface area contributed by atoms with Crippen LogP contribution in [-0.4, -0.2) is 0 Å². The maximum atomic E-state index is 2.45. The molecule has 0 aromatic rings. The van der Waals surface area contributed by atoms with Crippen LogP contribution >= 0.6 is 0 Å². The molecule has 0 saturated heterocycles. The van der Waals surface area contributed by atoms with Crippen LogP contribution in [0, 0.1) is 34.5 Å². The topological polar surface area (TPSA) is 0 Å². The van der Waals surface area contributed by atoms with Gasteiger partial charge in [-0.1, -0.05) is 53.2 Å². The summed E-state index contributed by atoms with van der Waals surface area (Å²) in [6.45, 7) is 16.9. The second kappa shape index (κ2) is 3.87. The highest BCUT2D eigenvalue weighted by molar-refractivity contribution is 5.22. The Balaban J connectivity index is 2.37. The number of hydrogen-bond acceptors (Lipinski definition) is 0. The van der Waals surface area contributed by atoms with Crippen molar-refractivity contribution in [2.45, 2.75) is 61.3 Å². The first-order valence-corrected chi connectivity index (χ1v) is 7.31. The molecule has 17 heavy (non-hydrogen) atoms. The Morgan fingerprint density at radius 2 is 1.47 bits per heavy atom. The van der Waals surface area contributed by atoms with Crippen molar-refractivity contribution in [3.63, 3.8) is 0 Å². The Hall–Kier alpha value is -0.260. The third-order valence-electron chi connectivity index (χ3n) is 5.23.